The Bertz CT molecular complexity index is 3410. The first-order valence-corrected chi connectivity index (χ1v) is 22.5. The fourth-order valence-electron chi connectivity index (χ4n) is 12.1. The second-order valence-electron chi connectivity index (χ2n) is 17.8. The Hall–Kier alpha value is -6.25. The molecule has 0 atom stereocenters. The van der Waals surface area contributed by atoms with Crippen LogP contribution in [-0.4, -0.2) is 51.3 Å². The number of nitrogens with zero attached hydrogens (tertiary/aromatic N) is 2. The van der Waals surface area contributed by atoms with Crippen LogP contribution in [0.3, 0.4) is 0 Å². The largest absolute Gasteiger partial charge is 0.289 e. The van der Waals surface area contributed by atoms with Gasteiger partial charge in [0.25, 0.3) is 23.6 Å². The lowest BCUT2D eigenvalue weighted by Crippen LogP contribution is -2.48. The molecule has 0 spiro atoms. The third kappa shape index (κ3) is 4.56. The number of rotatable bonds is 3. The van der Waals surface area contributed by atoms with E-state index in [0.29, 0.717) is 48.6 Å². The lowest BCUT2D eigenvalue weighted by molar-refractivity contribution is 0.0487. The van der Waals surface area contributed by atoms with Crippen LogP contribution in [0.2, 0.25) is 0 Å². The fraction of sp³-hybridized carbons (Fsp3) is 0.226. The van der Waals surface area contributed by atoms with E-state index in [1.54, 1.807) is 0 Å². The molecule has 8 aromatic rings. The van der Waals surface area contributed by atoms with E-state index < -0.39 is 0 Å². The molecule has 2 heterocycles. The number of carbonyl (C=O) groups is 5. The van der Waals surface area contributed by atoms with Crippen molar-refractivity contribution in [1.82, 2.24) is 9.80 Å². The number of ketones is 1. The molecule has 2 fully saturated rings. The summed E-state index contributed by atoms with van der Waals surface area (Å²) in [6.07, 6.45) is 9.28. The van der Waals surface area contributed by atoms with Crippen molar-refractivity contribution in [2.24, 2.45) is 0 Å². The molecular formula is C53H37BrN2O5. The standard InChI is InChI=1S/C53H37BrN2O5/c54-41-25-40-45-37(51(59)56(53(40)61)27-12-5-2-6-13-27)22-20-33-43-38(29-18-19-31-28-14-7-8-15-32(28)49(57)35-17-9-16-30(29)42(31)35)24-39-44-36(23-21-34(47(43)44)46(41)48(33)45)50(58)55(52(39)60)26-10-3-1-4-11-26/h7-9,14-27H,1-6,10-13H2. The third-order valence-electron chi connectivity index (χ3n) is 14.8. The summed E-state index contributed by atoms with van der Waals surface area (Å²) < 4.78 is 0.712. The number of fused-ring (bicyclic) bond motifs is 4. The SMILES string of the molecule is O=C1c2ccccc2-c2ccc(-c3cc4c5c(ccc6c7c(Br)cc8c9c(ccc(c3c56)c97)C(=O)N(C3CCCCC3)C8=O)C(=O)N(C3CCCCC3)C4=O)c3cccc1c23. The molecule has 5 aliphatic rings. The van der Waals surface area contributed by atoms with Gasteiger partial charge in [0.1, 0.15) is 0 Å². The molecule has 13 rings (SSSR count). The number of carbonyl (C=O) groups excluding carboxylic acids is 5. The Morgan fingerprint density at radius 2 is 0.869 bits per heavy atom. The average molecular weight is 862 g/mol. The monoisotopic (exact) mass is 860 g/mol. The highest BCUT2D eigenvalue weighted by atomic mass is 79.9. The molecule has 3 aliphatic carbocycles. The second-order valence-corrected chi connectivity index (χ2v) is 18.6. The molecule has 61 heavy (non-hydrogen) atoms. The predicted molar refractivity (Wildman–Crippen MR) is 242 cm³/mol. The molecule has 8 aromatic carbocycles. The quantitative estimate of drug-likeness (QED) is 0.100. The van der Waals surface area contributed by atoms with Crippen LogP contribution in [-0.2, 0) is 0 Å². The lowest BCUT2D eigenvalue weighted by atomic mass is 9.77. The van der Waals surface area contributed by atoms with Crippen molar-refractivity contribution in [2.75, 3.05) is 0 Å². The molecule has 4 amide bonds. The van der Waals surface area contributed by atoms with Gasteiger partial charge in [0.15, 0.2) is 5.78 Å². The Morgan fingerprint density at radius 3 is 1.51 bits per heavy atom. The Morgan fingerprint density at radius 1 is 0.361 bits per heavy atom. The van der Waals surface area contributed by atoms with Crippen LogP contribution in [0.15, 0.2) is 95.5 Å². The van der Waals surface area contributed by atoms with Crippen molar-refractivity contribution in [3.05, 3.63) is 129 Å². The highest BCUT2D eigenvalue weighted by Crippen LogP contribution is 2.53. The molecule has 0 aromatic heterocycles. The van der Waals surface area contributed by atoms with Crippen LogP contribution in [0, 0.1) is 0 Å². The van der Waals surface area contributed by atoms with Crippen molar-refractivity contribution < 1.29 is 24.0 Å². The molecule has 0 unspecified atom stereocenters. The summed E-state index contributed by atoms with van der Waals surface area (Å²) in [5.41, 5.74) is 6.79. The molecule has 7 nitrogen and oxygen atoms in total. The van der Waals surface area contributed by atoms with Gasteiger partial charge >= 0.3 is 0 Å². The molecule has 8 heteroatoms. The van der Waals surface area contributed by atoms with E-state index in [0.717, 1.165) is 130 Å². The minimum Gasteiger partial charge on any atom is -0.289 e. The Labute approximate surface area is 358 Å². The van der Waals surface area contributed by atoms with Crippen molar-refractivity contribution in [1.29, 1.82) is 0 Å². The zero-order valence-corrected chi connectivity index (χ0v) is 34.8. The van der Waals surface area contributed by atoms with Crippen LogP contribution < -0.4 is 0 Å². The fourth-order valence-corrected chi connectivity index (χ4v) is 12.8. The molecule has 2 aliphatic heterocycles. The molecule has 0 saturated heterocycles. The molecular weight excluding hydrogens is 824 g/mol. The van der Waals surface area contributed by atoms with Crippen LogP contribution >= 0.6 is 15.9 Å². The summed E-state index contributed by atoms with van der Waals surface area (Å²) in [5.74, 6) is -1.09. The Kier molecular flexibility index (Phi) is 7.36. The maximum Gasteiger partial charge on any atom is 0.261 e. The number of hydrogen-bond acceptors (Lipinski definition) is 5. The summed E-state index contributed by atoms with van der Waals surface area (Å²) in [7, 11) is 0. The topological polar surface area (TPSA) is 91.8 Å². The van der Waals surface area contributed by atoms with Crippen molar-refractivity contribution in [2.45, 2.75) is 76.3 Å². The highest BCUT2D eigenvalue weighted by Gasteiger charge is 2.42. The van der Waals surface area contributed by atoms with Crippen LogP contribution in [0.1, 0.15) is 122 Å². The van der Waals surface area contributed by atoms with E-state index in [2.05, 4.69) is 34.1 Å². The summed E-state index contributed by atoms with van der Waals surface area (Å²) >= 11 is 3.93. The number of imide groups is 2. The van der Waals surface area contributed by atoms with Gasteiger partial charge in [-0.05, 0) is 99.1 Å². The second kappa shape index (κ2) is 12.6. The van der Waals surface area contributed by atoms with Crippen LogP contribution in [0.25, 0.3) is 76.1 Å². The summed E-state index contributed by atoms with van der Waals surface area (Å²) in [6.45, 7) is 0. The van der Waals surface area contributed by atoms with Gasteiger partial charge in [-0.2, -0.15) is 0 Å². The first-order chi connectivity index (χ1) is 29.8. The lowest BCUT2D eigenvalue weighted by Gasteiger charge is -2.37. The summed E-state index contributed by atoms with van der Waals surface area (Å²) in [6, 6.07) is 29.1. The first-order valence-electron chi connectivity index (χ1n) is 21.7. The van der Waals surface area contributed by atoms with Gasteiger partial charge < -0.3 is 0 Å². The van der Waals surface area contributed by atoms with E-state index in [1.165, 1.54) is 9.80 Å². The van der Waals surface area contributed by atoms with Gasteiger partial charge in [-0.15, -0.1) is 0 Å². The molecule has 0 radical (unpaired) electrons. The summed E-state index contributed by atoms with van der Waals surface area (Å²) in [4.78, 5) is 76.1. The number of benzene rings is 8. The van der Waals surface area contributed by atoms with Crippen LogP contribution in [0.4, 0.5) is 0 Å². The van der Waals surface area contributed by atoms with Gasteiger partial charge in [0.2, 0.25) is 0 Å². The zero-order valence-electron chi connectivity index (χ0n) is 33.2. The van der Waals surface area contributed by atoms with Gasteiger partial charge in [0.05, 0.1) is 0 Å². The van der Waals surface area contributed by atoms with Crippen molar-refractivity contribution in [3.63, 3.8) is 0 Å². The molecule has 0 N–H and O–H groups in total. The highest BCUT2D eigenvalue weighted by molar-refractivity contribution is 9.10. The van der Waals surface area contributed by atoms with Gasteiger partial charge in [-0.25, -0.2) is 0 Å². The number of hydrogen-bond donors (Lipinski definition) is 0. The van der Waals surface area contributed by atoms with Crippen LogP contribution in [0.5, 0.6) is 0 Å². The van der Waals surface area contributed by atoms with E-state index >= 15 is 4.79 Å². The molecule has 296 valence electrons. The van der Waals surface area contributed by atoms with Gasteiger partial charge in [-0.1, -0.05) is 121 Å². The normalized spacial score (nSPS) is 18.2. The molecule has 2 saturated carbocycles. The van der Waals surface area contributed by atoms with E-state index in [4.69, 9.17) is 0 Å². The minimum atomic E-state index is -0.282. The van der Waals surface area contributed by atoms with Crippen molar-refractivity contribution >= 4 is 99.2 Å². The first kappa shape index (κ1) is 35.5. The smallest absolute Gasteiger partial charge is 0.261 e. The average Bonchev–Trinajstić information content (AvgIpc) is 3.29. The third-order valence-corrected chi connectivity index (χ3v) is 15.4. The van der Waals surface area contributed by atoms with E-state index in [1.807, 2.05) is 72.8 Å². The zero-order chi connectivity index (χ0) is 41.0. The number of amides is 4. The number of halogens is 1. The maximum atomic E-state index is 15.1. The van der Waals surface area contributed by atoms with Gasteiger partial charge in [0, 0.05) is 76.9 Å². The van der Waals surface area contributed by atoms with Crippen molar-refractivity contribution in [3.8, 4) is 22.3 Å². The van der Waals surface area contributed by atoms with Gasteiger partial charge in [-0.3, -0.25) is 33.8 Å². The molecule has 0 bridgehead atoms. The summed E-state index contributed by atoms with van der Waals surface area (Å²) in [5, 5.41) is 7.92. The predicted octanol–water partition coefficient (Wildman–Crippen LogP) is 12.4. The minimum absolute atomic E-state index is 0.0285. The maximum absolute atomic E-state index is 15.1. The van der Waals surface area contributed by atoms with E-state index in [-0.39, 0.29) is 41.5 Å². The van der Waals surface area contributed by atoms with E-state index in [9.17, 15) is 19.2 Å². The Balaban J connectivity index is 1.17.